The molecule has 0 saturated heterocycles. The van der Waals surface area contributed by atoms with Gasteiger partial charge in [0.2, 0.25) is 0 Å². The van der Waals surface area contributed by atoms with E-state index in [1.54, 1.807) is 23.3 Å². The molecular formula is C14H12FN5. The number of anilines is 1. The summed E-state index contributed by atoms with van der Waals surface area (Å²) in [5.74, 6) is 0.223. The van der Waals surface area contributed by atoms with E-state index in [0.717, 1.165) is 11.1 Å². The minimum absolute atomic E-state index is 0.362. The van der Waals surface area contributed by atoms with E-state index in [1.807, 2.05) is 18.2 Å². The van der Waals surface area contributed by atoms with Crippen LogP contribution in [0.4, 0.5) is 10.1 Å². The molecule has 2 aromatic heterocycles. The van der Waals surface area contributed by atoms with Crippen molar-refractivity contribution >= 4 is 5.69 Å². The van der Waals surface area contributed by atoms with E-state index in [9.17, 15) is 4.39 Å². The lowest BCUT2D eigenvalue weighted by atomic mass is 10.2. The van der Waals surface area contributed by atoms with Crippen molar-refractivity contribution < 1.29 is 4.39 Å². The maximum atomic E-state index is 13.1. The molecule has 0 unspecified atom stereocenters. The second-order valence-corrected chi connectivity index (χ2v) is 4.40. The molecule has 0 fully saturated rings. The van der Waals surface area contributed by atoms with Gasteiger partial charge in [0.15, 0.2) is 5.82 Å². The van der Waals surface area contributed by atoms with Crippen LogP contribution in [-0.4, -0.2) is 19.7 Å². The van der Waals surface area contributed by atoms with Crippen molar-refractivity contribution in [2.75, 3.05) is 5.73 Å². The van der Waals surface area contributed by atoms with Crippen LogP contribution in [0.5, 0.6) is 0 Å². The van der Waals surface area contributed by atoms with E-state index in [4.69, 9.17) is 5.73 Å². The van der Waals surface area contributed by atoms with Crippen LogP contribution in [0.1, 0.15) is 5.56 Å². The van der Waals surface area contributed by atoms with E-state index in [1.165, 1.54) is 12.3 Å². The van der Waals surface area contributed by atoms with Crippen molar-refractivity contribution in [1.82, 2.24) is 19.7 Å². The number of benzene rings is 1. The van der Waals surface area contributed by atoms with Crippen LogP contribution < -0.4 is 5.73 Å². The number of nitrogens with zero attached hydrogens (tertiary/aromatic N) is 4. The minimum Gasteiger partial charge on any atom is -0.399 e. The summed E-state index contributed by atoms with van der Waals surface area (Å²) >= 11 is 0. The molecule has 1 aromatic carbocycles. The summed E-state index contributed by atoms with van der Waals surface area (Å²) in [6, 6.07) is 8.78. The molecule has 2 heterocycles. The lowest BCUT2D eigenvalue weighted by molar-refractivity contribution is 0.611. The Morgan fingerprint density at radius 2 is 2.10 bits per heavy atom. The molecular weight excluding hydrogens is 257 g/mol. The highest BCUT2D eigenvalue weighted by Gasteiger charge is 2.05. The number of aromatic nitrogens is 4. The number of pyridine rings is 1. The fourth-order valence-electron chi connectivity index (χ4n) is 1.91. The molecule has 0 aliphatic rings. The van der Waals surface area contributed by atoms with Crippen molar-refractivity contribution in [2.24, 2.45) is 0 Å². The predicted molar refractivity (Wildman–Crippen MR) is 73.2 cm³/mol. The predicted octanol–water partition coefficient (Wildman–Crippen LogP) is 2.11. The number of nitrogen functional groups attached to an aromatic ring is 1. The van der Waals surface area contributed by atoms with Gasteiger partial charge < -0.3 is 5.73 Å². The third kappa shape index (κ3) is 2.64. The summed E-state index contributed by atoms with van der Waals surface area (Å²) in [7, 11) is 0. The number of rotatable bonds is 3. The first-order chi connectivity index (χ1) is 9.70. The van der Waals surface area contributed by atoms with Crippen LogP contribution in [0.25, 0.3) is 11.4 Å². The van der Waals surface area contributed by atoms with Gasteiger partial charge in [0, 0.05) is 17.4 Å². The third-order valence-electron chi connectivity index (χ3n) is 2.79. The quantitative estimate of drug-likeness (QED) is 0.739. The highest BCUT2D eigenvalue weighted by Crippen LogP contribution is 2.17. The summed E-state index contributed by atoms with van der Waals surface area (Å²) in [4.78, 5) is 8.03. The molecule has 0 radical (unpaired) electrons. The summed E-state index contributed by atoms with van der Waals surface area (Å²) in [6.45, 7) is 0.417. The van der Waals surface area contributed by atoms with Gasteiger partial charge in [-0.2, -0.15) is 5.10 Å². The lowest BCUT2D eigenvalue weighted by Crippen LogP contribution is -2.01. The van der Waals surface area contributed by atoms with Gasteiger partial charge >= 0.3 is 0 Å². The van der Waals surface area contributed by atoms with Gasteiger partial charge in [0.25, 0.3) is 0 Å². The zero-order chi connectivity index (χ0) is 13.9. The maximum absolute atomic E-state index is 13.1. The average Bonchev–Trinajstić information content (AvgIpc) is 2.87. The van der Waals surface area contributed by atoms with Crippen molar-refractivity contribution in [2.45, 2.75) is 6.54 Å². The molecule has 20 heavy (non-hydrogen) atoms. The fourth-order valence-corrected chi connectivity index (χ4v) is 1.91. The smallest absolute Gasteiger partial charge is 0.181 e. The molecule has 0 aliphatic carbocycles. The van der Waals surface area contributed by atoms with Gasteiger partial charge in [0.05, 0.1) is 12.7 Å². The first kappa shape index (κ1) is 12.3. The second kappa shape index (κ2) is 5.08. The van der Waals surface area contributed by atoms with Crippen LogP contribution in [0, 0.1) is 5.82 Å². The Morgan fingerprint density at radius 3 is 2.90 bits per heavy atom. The van der Waals surface area contributed by atoms with Gasteiger partial charge in [-0.15, -0.1) is 0 Å². The number of nitrogens with two attached hydrogens (primary N) is 1. The molecule has 100 valence electrons. The standard InChI is InChI=1S/C14H12FN5/c15-12-4-10(6-17-7-12)8-20-9-18-14(19-20)11-2-1-3-13(16)5-11/h1-7,9H,8,16H2. The molecule has 3 rings (SSSR count). The molecule has 0 spiro atoms. The van der Waals surface area contributed by atoms with Crippen molar-refractivity contribution in [3.05, 3.63) is 60.4 Å². The zero-order valence-electron chi connectivity index (χ0n) is 10.6. The Kier molecular flexibility index (Phi) is 3.12. The molecule has 0 saturated carbocycles. The monoisotopic (exact) mass is 269 g/mol. The maximum Gasteiger partial charge on any atom is 0.181 e. The average molecular weight is 269 g/mol. The first-order valence-electron chi connectivity index (χ1n) is 6.05. The number of hydrogen-bond acceptors (Lipinski definition) is 4. The Bertz CT molecular complexity index is 738. The van der Waals surface area contributed by atoms with Gasteiger partial charge in [-0.3, -0.25) is 4.98 Å². The van der Waals surface area contributed by atoms with Crippen LogP contribution in [0.2, 0.25) is 0 Å². The molecule has 3 aromatic rings. The molecule has 6 heteroatoms. The molecule has 5 nitrogen and oxygen atoms in total. The summed E-state index contributed by atoms with van der Waals surface area (Å²) in [5.41, 5.74) is 7.97. The zero-order valence-corrected chi connectivity index (χ0v) is 10.6. The van der Waals surface area contributed by atoms with E-state index in [0.29, 0.717) is 18.1 Å². The number of hydrogen-bond donors (Lipinski definition) is 1. The minimum atomic E-state index is -0.362. The molecule has 2 N–H and O–H groups in total. The normalized spacial score (nSPS) is 10.7. The van der Waals surface area contributed by atoms with Gasteiger partial charge in [-0.05, 0) is 23.8 Å². The summed E-state index contributed by atoms with van der Waals surface area (Å²) < 4.78 is 14.7. The lowest BCUT2D eigenvalue weighted by Gasteiger charge is -2.00. The van der Waals surface area contributed by atoms with Crippen molar-refractivity contribution in [3.63, 3.8) is 0 Å². The van der Waals surface area contributed by atoms with E-state index in [2.05, 4.69) is 15.1 Å². The SMILES string of the molecule is Nc1cccc(-c2ncn(Cc3cncc(F)c3)n2)c1. The third-order valence-corrected chi connectivity index (χ3v) is 2.79. The summed E-state index contributed by atoms with van der Waals surface area (Å²) in [5, 5.41) is 4.35. The van der Waals surface area contributed by atoms with E-state index in [-0.39, 0.29) is 5.82 Å². The first-order valence-corrected chi connectivity index (χ1v) is 6.05. The van der Waals surface area contributed by atoms with E-state index < -0.39 is 0 Å². The van der Waals surface area contributed by atoms with Crippen LogP contribution in [-0.2, 0) is 6.54 Å². The van der Waals surface area contributed by atoms with Crippen LogP contribution in [0.3, 0.4) is 0 Å². The molecule has 0 atom stereocenters. The highest BCUT2D eigenvalue weighted by atomic mass is 19.1. The Balaban J connectivity index is 1.84. The van der Waals surface area contributed by atoms with Crippen LogP contribution in [0.15, 0.2) is 49.1 Å². The molecule has 0 bridgehead atoms. The fraction of sp³-hybridized carbons (Fsp3) is 0.0714. The van der Waals surface area contributed by atoms with Crippen molar-refractivity contribution in [1.29, 1.82) is 0 Å². The topological polar surface area (TPSA) is 69.6 Å². The van der Waals surface area contributed by atoms with Gasteiger partial charge in [-0.1, -0.05) is 12.1 Å². The molecule has 0 aliphatic heterocycles. The second-order valence-electron chi connectivity index (χ2n) is 4.40. The Morgan fingerprint density at radius 1 is 1.20 bits per heavy atom. The highest BCUT2D eigenvalue weighted by molar-refractivity contribution is 5.60. The van der Waals surface area contributed by atoms with Gasteiger partial charge in [0.1, 0.15) is 12.1 Å². The largest absolute Gasteiger partial charge is 0.399 e. The van der Waals surface area contributed by atoms with E-state index >= 15 is 0 Å². The van der Waals surface area contributed by atoms with Crippen molar-refractivity contribution in [3.8, 4) is 11.4 Å². The Hall–Kier alpha value is -2.76. The molecule has 0 amide bonds. The Labute approximate surface area is 114 Å². The van der Waals surface area contributed by atoms with Gasteiger partial charge in [-0.25, -0.2) is 14.1 Å². The number of halogens is 1. The van der Waals surface area contributed by atoms with Crippen LogP contribution >= 0.6 is 0 Å². The summed E-state index contributed by atoms with van der Waals surface area (Å²) in [6.07, 6.45) is 4.37.